The van der Waals surface area contributed by atoms with Crippen LogP contribution in [0, 0.1) is 0 Å². The number of nitrogens with zero attached hydrogens (tertiary/aromatic N) is 1. The molecule has 48 heavy (non-hydrogen) atoms. The predicted molar refractivity (Wildman–Crippen MR) is 207 cm³/mol. The molecule has 1 heterocycles. The van der Waals surface area contributed by atoms with Crippen LogP contribution in [0.2, 0.25) is 0 Å². The van der Waals surface area contributed by atoms with E-state index in [0.29, 0.717) is 5.92 Å². The van der Waals surface area contributed by atoms with Crippen molar-refractivity contribution in [2.75, 3.05) is 4.90 Å². The van der Waals surface area contributed by atoms with Gasteiger partial charge in [-0.15, -0.1) is 11.3 Å². The van der Waals surface area contributed by atoms with E-state index in [1.54, 1.807) is 0 Å². The Bertz CT molecular complexity index is 2300. The van der Waals surface area contributed by atoms with Gasteiger partial charge in [-0.25, -0.2) is 0 Å². The van der Waals surface area contributed by atoms with Crippen LogP contribution in [0.1, 0.15) is 47.6 Å². The molecule has 232 valence electrons. The molecule has 0 radical (unpaired) electrons. The molecular weight excluding hydrogens is 599 g/mol. The first kappa shape index (κ1) is 29.0. The largest absolute Gasteiger partial charge is 0.315 e. The first-order chi connectivity index (χ1) is 23.8. The van der Waals surface area contributed by atoms with Gasteiger partial charge in [-0.1, -0.05) is 127 Å². The molecule has 0 fully saturated rings. The Morgan fingerprint density at radius 1 is 0.583 bits per heavy atom. The summed E-state index contributed by atoms with van der Waals surface area (Å²) in [5, 5.41) is 4.06. The molecule has 1 unspecified atom stereocenters. The van der Waals surface area contributed by atoms with Crippen LogP contribution in [-0.2, 0) is 6.42 Å². The lowest BCUT2D eigenvalue weighted by Crippen LogP contribution is -2.18. The highest BCUT2D eigenvalue weighted by atomic mass is 32.1. The monoisotopic (exact) mass is 635 g/mol. The number of anilines is 2. The Morgan fingerprint density at radius 3 is 2.04 bits per heavy atom. The number of allylic oxidation sites excluding steroid dienone is 3. The van der Waals surface area contributed by atoms with Gasteiger partial charge in [0, 0.05) is 32.6 Å². The van der Waals surface area contributed by atoms with E-state index >= 15 is 0 Å². The second kappa shape index (κ2) is 12.4. The van der Waals surface area contributed by atoms with Crippen LogP contribution in [-0.4, -0.2) is 0 Å². The van der Waals surface area contributed by atoms with Crippen LogP contribution in [0.4, 0.5) is 11.4 Å². The Hall–Kier alpha value is -5.18. The molecule has 1 atom stereocenters. The van der Waals surface area contributed by atoms with E-state index in [9.17, 15) is 0 Å². The smallest absolute Gasteiger partial charge is 0.0458 e. The zero-order valence-electron chi connectivity index (χ0n) is 27.0. The van der Waals surface area contributed by atoms with Gasteiger partial charge in [0.2, 0.25) is 0 Å². The molecule has 0 spiro atoms. The van der Waals surface area contributed by atoms with Crippen LogP contribution < -0.4 is 4.90 Å². The Labute approximate surface area is 287 Å². The van der Waals surface area contributed by atoms with Crippen molar-refractivity contribution in [3.63, 3.8) is 0 Å². The molecule has 6 aromatic carbocycles. The average Bonchev–Trinajstić information content (AvgIpc) is 3.53. The third-order valence-electron chi connectivity index (χ3n) is 10.2. The maximum absolute atomic E-state index is 2.47. The van der Waals surface area contributed by atoms with E-state index in [0.717, 1.165) is 19.3 Å². The first-order valence-corrected chi connectivity index (χ1v) is 18.1. The van der Waals surface area contributed by atoms with Gasteiger partial charge in [0.25, 0.3) is 0 Å². The van der Waals surface area contributed by atoms with Gasteiger partial charge in [-0.05, 0) is 112 Å². The molecule has 1 aromatic heterocycles. The average molecular weight is 636 g/mol. The normalized spacial score (nSPS) is 15.8. The zero-order valence-corrected chi connectivity index (χ0v) is 27.8. The summed E-state index contributed by atoms with van der Waals surface area (Å²) in [4.78, 5) is 3.96. The molecule has 0 aliphatic heterocycles. The number of benzene rings is 6. The SMILES string of the molecule is C1=CC(c2cccc3ccccc23)Cc2sc3cc(-c4ccc(N(C5=CCCCC5)c5ccc(-c6ccccc6)cc5)cc4)ccc3c21. The molecular formula is C46H37NS. The second-order valence-electron chi connectivity index (χ2n) is 13.1. The van der Waals surface area contributed by atoms with E-state index < -0.39 is 0 Å². The highest BCUT2D eigenvalue weighted by Crippen LogP contribution is 2.43. The summed E-state index contributed by atoms with van der Waals surface area (Å²) < 4.78 is 1.37. The zero-order chi connectivity index (χ0) is 31.9. The Balaban J connectivity index is 1.00. The van der Waals surface area contributed by atoms with Crippen LogP contribution in [0.3, 0.4) is 0 Å². The van der Waals surface area contributed by atoms with Crippen LogP contribution in [0.5, 0.6) is 0 Å². The molecule has 0 N–H and O–H groups in total. The second-order valence-corrected chi connectivity index (χ2v) is 14.3. The van der Waals surface area contributed by atoms with Gasteiger partial charge in [0.05, 0.1) is 0 Å². The number of fused-ring (bicyclic) bond motifs is 4. The molecule has 0 saturated carbocycles. The van der Waals surface area contributed by atoms with Crippen molar-refractivity contribution < 1.29 is 0 Å². The van der Waals surface area contributed by atoms with Gasteiger partial charge in [-0.3, -0.25) is 0 Å². The number of rotatable bonds is 6. The van der Waals surface area contributed by atoms with Gasteiger partial charge in [-0.2, -0.15) is 0 Å². The fourth-order valence-electron chi connectivity index (χ4n) is 7.69. The number of thiophene rings is 1. The molecule has 9 rings (SSSR count). The van der Waals surface area contributed by atoms with Crippen LogP contribution in [0.25, 0.3) is 49.2 Å². The summed E-state index contributed by atoms with van der Waals surface area (Å²) in [6, 6.07) is 51.5. The van der Waals surface area contributed by atoms with Crippen molar-refractivity contribution in [1.82, 2.24) is 0 Å². The molecule has 7 aromatic rings. The number of hydrogen-bond acceptors (Lipinski definition) is 2. The van der Waals surface area contributed by atoms with Crippen molar-refractivity contribution in [2.24, 2.45) is 0 Å². The molecule has 0 saturated heterocycles. The first-order valence-electron chi connectivity index (χ1n) is 17.2. The lowest BCUT2D eigenvalue weighted by molar-refractivity contribution is 0.691. The number of hydrogen-bond donors (Lipinski definition) is 0. The molecule has 2 heteroatoms. The van der Waals surface area contributed by atoms with E-state index in [-0.39, 0.29) is 0 Å². The van der Waals surface area contributed by atoms with E-state index in [1.807, 2.05) is 11.3 Å². The highest BCUT2D eigenvalue weighted by Gasteiger charge is 2.22. The Morgan fingerprint density at radius 2 is 1.27 bits per heavy atom. The minimum absolute atomic E-state index is 0.403. The summed E-state index contributed by atoms with van der Waals surface area (Å²) in [7, 11) is 0. The third-order valence-corrected chi connectivity index (χ3v) is 11.4. The van der Waals surface area contributed by atoms with Crippen molar-refractivity contribution in [3.05, 3.63) is 173 Å². The maximum atomic E-state index is 2.47. The standard InChI is InChI=1S/C46H37NS/c1-3-10-32(11-4-1)33-18-24-39(25-19-33)47(38-14-5-2-6-15-38)40-26-20-34(21-27-40)36-22-28-43-44-29-23-37(31-46(44)48-45(43)30-36)42-17-9-13-35-12-7-8-16-41(35)42/h1,3-4,7-14,16-30,37H,2,5-6,15,31H2. The minimum atomic E-state index is 0.403. The molecule has 2 aliphatic carbocycles. The van der Waals surface area contributed by atoms with Crippen LogP contribution in [0.15, 0.2) is 157 Å². The van der Waals surface area contributed by atoms with Crippen molar-refractivity contribution in [3.8, 4) is 22.3 Å². The summed E-state index contributed by atoms with van der Waals surface area (Å²) >= 11 is 1.97. The molecule has 0 bridgehead atoms. The predicted octanol–water partition coefficient (Wildman–Crippen LogP) is 13.3. The third kappa shape index (κ3) is 5.37. The van der Waals surface area contributed by atoms with E-state index in [4.69, 9.17) is 0 Å². The fraction of sp³-hybridized carbons (Fsp3) is 0.130. The summed E-state index contributed by atoms with van der Waals surface area (Å²) in [5.74, 6) is 0.403. The topological polar surface area (TPSA) is 3.24 Å². The molecule has 0 amide bonds. The quantitative estimate of drug-likeness (QED) is 0.176. The lowest BCUT2D eigenvalue weighted by Gasteiger charge is -2.30. The van der Waals surface area contributed by atoms with Gasteiger partial charge in [0.1, 0.15) is 0 Å². The van der Waals surface area contributed by atoms with Crippen LogP contribution >= 0.6 is 11.3 Å². The molecule has 2 aliphatic rings. The summed E-state index contributed by atoms with van der Waals surface area (Å²) in [6.45, 7) is 0. The maximum Gasteiger partial charge on any atom is 0.0458 e. The van der Waals surface area contributed by atoms with Crippen molar-refractivity contribution >= 4 is 49.6 Å². The minimum Gasteiger partial charge on any atom is -0.315 e. The summed E-state index contributed by atoms with van der Waals surface area (Å²) in [5.41, 5.74) is 11.7. The van der Waals surface area contributed by atoms with Crippen molar-refractivity contribution in [2.45, 2.75) is 38.0 Å². The lowest BCUT2D eigenvalue weighted by atomic mass is 9.86. The highest BCUT2D eigenvalue weighted by molar-refractivity contribution is 7.19. The molecule has 1 nitrogen and oxygen atoms in total. The van der Waals surface area contributed by atoms with E-state index in [1.165, 1.54) is 89.0 Å². The fourth-order valence-corrected chi connectivity index (χ4v) is 8.98. The van der Waals surface area contributed by atoms with Gasteiger partial charge in [0.15, 0.2) is 0 Å². The van der Waals surface area contributed by atoms with Gasteiger partial charge < -0.3 is 4.90 Å². The van der Waals surface area contributed by atoms with E-state index in [2.05, 4.69) is 163 Å². The summed E-state index contributed by atoms with van der Waals surface area (Å²) in [6.07, 6.45) is 13.1. The van der Waals surface area contributed by atoms with Gasteiger partial charge >= 0.3 is 0 Å². The van der Waals surface area contributed by atoms with Crippen molar-refractivity contribution in [1.29, 1.82) is 0 Å². The Kier molecular flexibility index (Phi) is 7.52.